The van der Waals surface area contributed by atoms with Crippen LogP contribution in [0.15, 0.2) is 60.9 Å². The Bertz CT molecular complexity index is 1260. The molecule has 3 aromatic heterocycles. The second-order valence-electron chi connectivity index (χ2n) is 8.44. The molecule has 1 aliphatic rings. The first-order chi connectivity index (χ1) is 15.6. The lowest BCUT2D eigenvalue weighted by atomic mass is 9.97. The standard InChI is InChI=1S/C25H26N6O/c1-17-6-4-13-31-16-22(27-24(17)31)19-7-3-9-21(14-19)26-25(32)20-8-5-12-30(15-20)23-11-10-18(2)28-29-23/h3-4,6-7,9-11,13-14,16,20H,5,8,12,15H2,1-2H3,(H,26,32). The van der Waals surface area contributed by atoms with Gasteiger partial charge in [-0.15, -0.1) is 5.10 Å². The molecule has 0 radical (unpaired) electrons. The van der Waals surface area contributed by atoms with Gasteiger partial charge in [0.1, 0.15) is 5.65 Å². The Kier molecular flexibility index (Phi) is 5.31. The number of hydrogen-bond donors (Lipinski definition) is 1. The summed E-state index contributed by atoms with van der Waals surface area (Å²) in [5.74, 6) is 0.781. The predicted octanol–water partition coefficient (Wildman–Crippen LogP) is 4.26. The van der Waals surface area contributed by atoms with Gasteiger partial charge in [-0.3, -0.25) is 4.79 Å². The molecule has 7 heteroatoms. The van der Waals surface area contributed by atoms with Crippen molar-refractivity contribution in [1.82, 2.24) is 19.6 Å². The van der Waals surface area contributed by atoms with Crippen molar-refractivity contribution < 1.29 is 4.79 Å². The first-order valence-corrected chi connectivity index (χ1v) is 11.0. The summed E-state index contributed by atoms with van der Waals surface area (Å²) in [7, 11) is 0. The molecule has 4 heterocycles. The first-order valence-electron chi connectivity index (χ1n) is 11.0. The highest BCUT2D eigenvalue weighted by molar-refractivity contribution is 5.93. The predicted molar refractivity (Wildman–Crippen MR) is 126 cm³/mol. The molecular weight excluding hydrogens is 400 g/mol. The summed E-state index contributed by atoms with van der Waals surface area (Å²) in [5, 5.41) is 11.5. The number of rotatable bonds is 4. The molecule has 162 valence electrons. The minimum absolute atomic E-state index is 0.0396. The number of nitrogens with one attached hydrogen (secondary N) is 1. The van der Waals surface area contributed by atoms with Crippen LogP contribution >= 0.6 is 0 Å². The van der Waals surface area contributed by atoms with E-state index in [2.05, 4.69) is 33.4 Å². The molecule has 1 amide bonds. The zero-order valence-electron chi connectivity index (χ0n) is 18.3. The van der Waals surface area contributed by atoms with Crippen LogP contribution in [-0.4, -0.2) is 38.6 Å². The zero-order valence-corrected chi connectivity index (χ0v) is 18.3. The normalized spacial score (nSPS) is 16.3. The molecule has 0 aliphatic carbocycles. The first kappa shape index (κ1) is 20.2. The summed E-state index contributed by atoms with van der Waals surface area (Å²) >= 11 is 0. The number of carbonyl (C=O) groups is 1. The van der Waals surface area contributed by atoms with Crippen LogP contribution in [0.2, 0.25) is 0 Å². The number of aromatic nitrogens is 4. The number of piperidine rings is 1. The summed E-state index contributed by atoms with van der Waals surface area (Å²) < 4.78 is 2.03. The van der Waals surface area contributed by atoms with E-state index in [0.29, 0.717) is 6.54 Å². The van der Waals surface area contributed by atoms with Crippen molar-refractivity contribution in [1.29, 1.82) is 0 Å². The van der Waals surface area contributed by atoms with Crippen molar-refractivity contribution in [3.05, 3.63) is 72.2 Å². The van der Waals surface area contributed by atoms with E-state index < -0.39 is 0 Å². The minimum Gasteiger partial charge on any atom is -0.354 e. The molecule has 0 saturated carbocycles. The number of benzene rings is 1. The van der Waals surface area contributed by atoms with Gasteiger partial charge in [0.15, 0.2) is 5.82 Å². The molecule has 1 saturated heterocycles. The molecule has 5 rings (SSSR count). The van der Waals surface area contributed by atoms with Gasteiger partial charge in [-0.1, -0.05) is 18.2 Å². The third-order valence-electron chi connectivity index (χ3n) is 6.00. The highest BCUT2D eigenvalue weighted by Gasteiger charge is 2.27. The second-order valence-corrected chi connectivity index (χ2v) is 8.44. The molecule has 4 aromatic rings. The van der Waals surface area contributed by atoms with Crippen molar-refractivity contribution in [2.45, 2.75) is 26.7 Å². The van der Waals surface area contributed by atoms with Gasteiger partial charge in [-0.25, -0.2) is 4.98 Å². The van der Waals surface area contributed by atoms with Crippen molar-refractivity contribution in [3.63, 3.8) is 0 Å². The van der Waals surface area contributed by atoms with Crippen molar-refractivity contribution in [3.8, 4) is 11.3 Å². The lowest BCUT2D eigenvalue weighted by Crippen LogP contribution is -2.41. The third kappa shape index (κ3) is 4.06. The van der Waals surface area contributed by atoms with Crippen molar-refractivity contribution >= 4 is 23.1 Å². The van der Waals surface area contributed by atoms with Crippen LogP contribution < -0.4 is 10.2 Å². The van der Waals surface area contributed by atoms with Gasteiger partial charge in [-0.2, -0.15) is 5.10 Å². The molecule has 1 fully saturated rings. The SMILES string of the molecule is Cc1ccc(N2CCCC(C(=O)Nc3cccc(-c4cn5cccc(C)c5n4)c3)C2)nn1. The smallest absolute Gasteiger partial charge is 0.229 e. The molecule has 0 bridgehead atoms. The molecular formula is C25H26N6O. The van der Waals surface area contributed by atoms with Gasteiger partial charge in [0, 0.05) is 36.7 Å². The molecule has 1 N–H and O–H groups in total. The van der Waals surface area contributed by atoms with E-state index in [0.717, 1.165) is 59.1 Å². The maximum absolute atomic E-state index is 13.0. The number of nitrogens with zero attached hydrogens (tertiary/aromatic N) is 5. The number of aryl methyl sites for hydroxylation is 2. The lowest BCUT2D eigenvalue weighted by Gasteiger charge is -2.32. The van der Waals surface area contributed by atoms with E-state index in [1.165, 1.54) is 0 Å². The van der Waals surface area contributed by atoms with Gasteiger partial charge in [0.2, 0.25) is 5.91 Å². The summed E-state index contributed by atoms with van der Waals surface area (Å²) in [5.41, 5.74) is 5.61. The fraction of sp³-hybridized carbons (Fsp3) is 0.280. The van der Waals surface area contributed by atoms with Crippen molar-refractivity contribution in [2.75, 3.05) is 23.3 Å². The topological polar surface area (TPSA) is 75.4 Å². The van der Waals surface area contributed by atoms with Crippen LogP contribution in [0.25, 0.3) is 16.9 Å². The van der Waals surface area contributed by atoms with Gasteiger partial charge < -0.3 is 14.6 Å². The van der Waals surface area contributed by atoms with Crippen LogP contribution in [-0.2, 0) is 4.79 Å². The average Bonchev–Trinajstić information content (AvgIpc) is 3.26. The Morgan fingerprint density at radius 1 is 1.09 bits per heavy atom. The Labute approximate surface area is 187 Å². The van der Waals surface area contributed by atoms with E-state index in [4.69, 9.17) is 4.98 Å². The van der Waals surface area contributed by atoms with Crippen LogP contribution in [0.3, 0.4) is 0 Å². The van der Waals surface area contributed by atoms with Gasteiger partial charge in [0.05, 0.1) is 17.3 Å². The van der Waals surface area contributed by atoms with E-state index in [1.54, 1.807) is 0 Å². The average molecular weight is 427 g/mol. The second kappa shape index (κ2) is 8.42. The van der Waals surface area contributed by atoms with Crippen LogP contribution in [0.1, 0.15) is 24.1 Å². The fourth-order valence-electron chi connectivity index (χ4n) is 4.25. The molecule has 1 aliphatic heterocycles. The quantitative estimate of drug-likeness (QED) is 0.528. The highest BCUT2D eigenvalue weighted by Crippen LogP contribution is 2.26. The lowest BCUT2D eigenvalue weighted by molar-refractivity contribution is -0.120. The van der Waals surface area contributed by atoms with Gasteiger partial charge in [-0.05, 0) is 62.6 Å². The van der Waals surface area contributed by atoms with E-state index in [-0.39, 0.29) is 11.8 Å². The maximum Gasteiger partial charge on any atom is 0.229 e. The van der Waals surface area contributed by atoms with E-state index in [9.17, 15) is 4.79 Å². The summed E-state index contributed by atoms with van der Waals surface area (Å²) in [6.07, 6.45) is 5.84. The number of pyridine rings is 1. The molecule has 32 heavy (non-hydrogen) atoms. The van der Waals surface area contributed by atoms with Crippen molar-refractivity contribution in [2.24, 2.45) is 5.92 Å². The van der Waals surface area contributed by atoms with Crippen LogP contribution in [0.4, 0.5) is 11.5 Å². The molecule has 7 nitrogen and oxygen atoms in total. The Morgan fingerprint density at radius 2 is 2.00 bits per heavy atom. The summed E-state index contributed by atoms with van der Waals surface area (Å²) in [4.78, 5) is 20.0. The molecule has 0 spiro atoms. The number of fused-ring (bicyclic) bond motifs is 1. The highest BCUT2D eigenvalue weighted by atomic mass is 16.1. The Morgan fingerprint density at radius 3 is 2.81 bits per heavy atom. The molecule has 1 aromatic carbocycles. The maximum atomic E-state index is 13.0. The monoisotopic (exact) mass is 426 g/mol. The Balaban J connectivity index is 1.31. The van der Waals surface area contributed by atoms with Crippen LogP contribution in [0, 0.1) is 19.8 Å². The van der Waals surface area contributed by atoms with E-state index in [1.807, 2.05) is 66.2 Å². The minimum atomic E-state index is -0.0895. The molecule has 1 unspecified atom stereocenters. The third-order valence-corrected chi connectivity index (χ3v) is 6.00. The zero-order chi connectivity index (χ0) is 22.1. The largest absolute Gasteiger partial charge is 0.354 e. The number of hydrogen-bond acceptors (Lipinski definition) is 5. The number of amides is 1. The fourth-order valence-corrected chi connectivity index (χ4v) is 4.25. The Hall–Kier alpha value is -3.74. The van der Waals surface area contributed by atoms with Gasteiger partial charge >= 0.3 is 0 Å². The summed E-state index contributed by atoms with van der Waals surface area (Å²) in [6, 6.07) is 15.9. The number of carbonyl (C=O) groups excluding carboxylic acids is 1. The van der Waals surface area contributed by atoms with Gasteiger partial charge in [0.25, 0.3) is 0 Å². The molecule has 1 atom stereocenters. The number of anilines is 2. The van der Waals surface area contributed by atoms with E-state index >= 15 is 0 Å². The number of imidazole rings is 1. The van der Waals surface area contributed by atoms with Crippen LogP contribution in [0.5, 0.6) is 0 Å². The summed E-state index contributed by atoms with van der Waals surface area (Å²) in [6.45, 7) is 5.52.